The van der Waals surface area contributed by atoms with Gasteiger partial charge in [0.25, 0.3) is 0 Å². The van der Waals surface area contributed by atoms with Crippen LogP contribution in [0.4, 0.5) is 13.6 Å². The van der Waals surface area contributed by atoms with E-state index in [1.54, 1.807) is 29.2 Å². The zero-order chi connectivity index (χ0) is 27.1. The van der Waals surface area contributed by atoms with Gasteiger partial charge in [0.05, 0.1) is 23.0 Å². The van der Waals surface area contributed by atoms with Gasteiger partial charge < -0.3 is 15.0 Å². The molecule has 6 nitrogen and oxygen atoms in total. The molecule has 0 unspecified atom stereocenters. The van der Waals surface area contributed by atoms with Crippen LogP contribution in [0.5, 0.6) is 0 Å². The molecule has 1 N–H and O–H groups in total. The van der Waals surface area contributed by atoms with Crippen molar-refractivity contribution in [2.75, 3.05) is 26.2 Å². The van der Waals surface area contributed by atoms with Crippen LogP contribution in [-0.2, 0) is 15.6 Å². The number of nitriles is 2. The summed E-state index contributed by atoms with van der Waals surface area (Å²) >= 11 is 0. The fraction of sp³-hybridized carbons (Fsp3) is 0.483. The topological polar surface area (TPSA) is 89.2 Å². The summed E-state index contributed by atoms with van der Waals surface area (Å²) in [6.07, 6.45) is 2.30. The largest absolute Gasteiger partial charge is 0.444 e. The van der Waals surface area contributed by atoms with Crippen molar-refractivity contribution in [3.63, 3.8) is 0 Å². The van der Waals surface area contributed by atoms with Crippen LogP contribution in [0.2, 0.25) is 0 Å². The van der Waals surface area contributed by atoms with Crippen LogP contribution in [0.25, 0.3) is 0 Å². The number of hydrogen-bond donors (Lipinski definition) is 1. The van der Waals surface area contributed by atoms with Gasteiger partial charge in [0.1, 0.15) is 17.2 Å². The number of rotatable bonds is 2. The Kier molecular flexibility index (Phi) is 12.7. The molecule has 1 amide bonds. The third kappa shape index (κ3) is 8.80. The van der Waals surface area contributed by atoms with Gasteiger partial charge in [-0.3, -0.25) is 0 Å². The first kappa shape index (κ1) is 34.1. The second-order valence-electron chi connectivity index (χ2n) is 10.6. The standard InChI is InChI=1S/C17H21FN2O2.C12H13FN2.2ClH/c1-16(2,3)22-15(21)20-10-8-17(12-19,9-11-20)13-4-6-14(18)7-5-13;13-11-3-1-10(2-4-11)12(9-14)5-7-15-8-6-12;;/h4-7H,8-11H2,1-3H3;1-4,15H,5-8H2;2*1H. The molecule has 0 spiro atoms. The van der Waals surface area contributed by atoms with Crippen molar-refractivity contribution < 1.29 is 18.3 Å². The highest BCUT2D eigenvalue weighted by molar-refractivity contribution is 5.85. The molecule has 2 aromatic carbocycles. The van der Waals surface area contributed by atoms with Crippen molar-refractivity contribution in [1.82, 2.24) is 10.2 Å². The van der Waals surface area contributed by atoms with Gasteiger partial charge >= 0.3 is 6.09 Å². The molecular formula is C29H36Cl2F2N4O2. The summed E-state index contributed by atoms with van der Waals surface area (Å²) in [7, 11) is 0. The molecule has 2 aliphatic rings. The minimum Gasteiger partial charge on any atom is -0.444 e. The highest BCUT2D eigenvalue weighted by Crippen LogP contribution is 2.35. The third-order valence-corrected chi connectivity index (χ3v) is 6.95. The lowest BCUT2D eigenvalue weighted by molar-refractivity contribution is 0.0185. The Morgan fingerprint density at radius 2 is 1.21 bits per heavy atom. The number of ether oxygens (including phenoxy) is 1. The number of halogens is 4. The number of nitrogens with one attached hydrogen (secondary N) is 1. The van der Waals surface area contributed by atoms with Gasteiger partial charge in [0.2, 0.25) is 0 Å². The summed E-state index contributed by atoms with van der Waals surface area (Å²) in [6, 6.07) is 17.1. The van der Waals surface area contributed by atoms with Crippen molar-refractivity contribution in [2.24, 2.45) is 0 Å². The summed E-state index contributed by atoms with van der Waals surface area (Å²) in [6.45, 7) is 8.10. The van der Waals surface area contributed by atoms with Crippen LogP contribution in [0.15, 0.2) is 48.5 Å². The van der Waals surface area contributed by atoms with Gasteiger partial charge in [-0.05, 0) is 94.9 Å². The molecule has 0 aliphatic carbocycles. The number of hydrogen-bond acceptors (Lipinski definition) is 5. The smallest absolute Gasteiger partial charge is 0.410 e. The molecule has 0 bridgehead atoms. The molecule has 0 radical (unpaired) electrons. The van der Waals surface area contributed by atoms with E-state index in [1.807, 2.05) is 20.8 Å². The van der Waals surface area contributed by atoms with Gasteiger partial charge in [-0.1, -0.05) is 24.3 Å². The zero-order valence-corrected chi connectivity index (χ0v) is 24.1. The SMILES string of the molecule is CC(C)(C)OC(=O)N1CCC(C#N)(c2ccc(F)cc2)CC1.Cl.Cl.N#CC1(c2ccc(F)cc2)CCNCC1. The number of nitrogens with zero attached hydrogens (tertiary/aromatic N) is 3. The monoisotopic (exact) mass is 580 g/mol. The van der Waals surface area contributed by atoms with E-state index in [1.165, 1.54) is 24.3 Å². The average molecular weight is 582 g/mol. The predicted molar refractivity (Wildman–Crippen MR) is 151 cm³/mol. The number of amides is 1. The number of benzene rings is 2. The number of carbonyl (C=O) groups is 1. The van der Waals surface area contributed by atoms with Crippen LogP contribution in [0.1, 0.15) is 57.6 Å². The van der Waals surface area contributed by atoms with E-state index in [0.29, 0.717) is 25.9 Å². The van der Waals surface area contributed by atoms with Crippen molar-refractivity contribution in [3.05, 3.63) is 71.3 Å². The Hall–Kier alpha value is -2.91. The van der Waals surface area contributed by atoms with E-state index >= 15 is 0 Å². The fourth-order valence-corrected chi connectivity index (χ4v) is 4.72. The Morgan fingerprint density at radius 3 is 1.56 bits per heavy atom. The van der Waals surface area contributed by atoms with E-state index in [4.69, 9.17) is 4.74 Å². The van der Waals surface area contributed by atoms with Gasteiger partial charge in [-0.15, -0.1) is 24.8 Å². The molecule has 4 rings (SSSR count). The quantitative estimate of drug-likeness (QED) is 0.442. The summed E-state index contributed by atoms with van der Waals surface area (Å²) in [4.78, 5) is 13.7. The molecular weight excluding hydrogens is 545 g/mol. The third-order valence-electron chi connectivity index (χ3n) is 6.95. The van der Waals surface area contributed by atoms with E-state index in [9.17, 15) is 24.1 Å². The Bertz CT molecular complexity index is 1140. The molecule has 2 fully saturated rings. The van der Waals surface area contributed by atoms with E-state index in [0.717, 1.165) is 37.1 Å². The van der Waals surface area contributed by atoms with Gasteiger partial charge in [-0.25, -0.2) is 13.6 Å². The lowest BCUT2D eigenvalue weighted by atomic mass is 9.74. The van der Waals surface area contributed by atoms with Crippen molar-refractivity contribution in [2.45, 2.75) is 62.9 Å². The first-order valence-corrected chi connectivity index (χ1v) is 12.6. The summed E-state index contributed by atoms with van der Waals surface area (Å²) in [5.41, 5.74) is 0.135. The minimum atomic E-state index is -0.661. The predicted octanol–water partition coefficient (Wildman–Crippen LogP) is 6.43. The lowest BCUT2D eigenvalue weighted by Gasteiger charge is -2.38. The molecule has 2 aromatic rings. The Balaban J connectivity index is 0.000000394. The molecule has 39 heavy (non-hydrogen) atoms. The molecule has 2 heterocycles. The molecule has 2 saturated heterocycles. The first-order valence-electron chi connectivity index (χ1n) is 12.6. The fourth-order valence-electron chi connectivity index (χ4n) is 4.72. The molecule has 10 heteroatoms. The number of piperidine rings is 2. The van der Waals surface area contributed by atoms with Gasteiger partial charge in [0.15, 0.2) is 0 Å². The lowest BCUT2D eigenvalue weighted by Crippen LogP contribution is -2.46. The molecule has 212 valence electrons. The second-order valence-corrected chi connectivity index (χ2v) is 10.6. The van der Waals surface area contributed by atoms with Crippen molar-refractivity contribution in [1.29, 1.82) is 10.5 Å². The van der Waals surface area contributed by atoms with Crippen LogP contribution in [-0.4, -0.2) is 42.8 Å². The summed E-state index contributed by atoms with van der Waals surface area (Å²) < 4.78 is 31.2. The Morgan fingerprint density at radius 1 is 0.821 bits per heavy atom. The normalized spacial score (nSPS) is 17.5. The highest BCUT2D eigenvalue weighted by atomic mass is 35.5. The van der Waals surface area contributed by atoms with Crippen LogP contribution >= 0.6 is 24.8 Å². The summed E-state index contributed by atoms with van der Waals surface area (Å²) in [5, 5.41) is 22.1. The molecule has 2 aliphatic heterocycles. The number of carbonyl (C=O) groups excluding carboxylic acids is 1. The van der Waals surface area contributed by atoms with E-state index in [2.05, 4.69) is 17.5 Å². The minimum absolute atomic E-state index is 0. The molecule has 0 saturated carbocycles. The molecule has 0 aromatic heterocycles. The second kappa shape index (κ2) is 14.5. The first-order chi connectivity index (χ1) is 17.5. The van der Waals surface area contributed by atoms with Crippen LogP contribution in [0, 0.1) is 34.3 Å². The maximum atomic E-state index is 13.1. The molecule has 0 atom stereocenters. The van der Waals surface area contributed by atoms with E-state index in [-0.39, 0.29) is 42.5 Å². The van der Waals surface area contributed by atoms with Crippen molar-refractivity contribution in [3.8, 4) is 12.1 Å². The highest BCUT2D eigenvalue weighted by Gasteiger charge is 2.39. The Labute approximate surface area is 242 Å². The summed E-state index contributed by atoms with van der Waals surface area (Å²) in [5.74, 6) is -0.566. The van der Waals surface area contributed by atoms with Gasteiger partial charge in [0, 0.05) is 13.1 Å². The zero-order valence-electron chi connectivity index (χ0n) is 22.5. The number of likely N-dealkylation sites (tertiary alicyclic amines) is 1. The van der Waals surface area contributed by atoms with E-state index < -0.39 is 16.4 Å². The van der Waals surface area contributed by atoms with Crippen LogP contribution < -0.4 is 5.32 Å². The maximum Gasteiger partial charge on any atom is 0.410 e. The van der Waals surface area contributed by atoms with Crippen LogP contribution in [0.3, 0.4) is 0 Å². The average Bonchev–Trinajstić information content (AvgIpc) is 2.89. The van der Waals surface area contributed by atoms with Crippen molar-refractivity contribution >= 4 is 30.9 Å². The maximum absolute atomic E-state index is 13.1. The van der Waals surface area contributed by atoms with Gasteiger partial charge in [-0.2, -0.15) is 10.5 Å².